The summed E-state index contributed by atoms with van der Waals surface area (Å²) in [6.45, 7) is 6.65. The Labute approximate surface area is 109 Å². The number of hydrogen-bond acceptors (Lipinski definition) is 1. The summed E-state index contributed by atoms with van der Waals surface area (Å²) in [5.74, 6) is 0.291. The second-order valence-corrected chi connectivity index (χ2v) is 6.50. The van der Waals surface area contributed by atoms with Gasteiger partial charge >= 0.3 is 5.97 Å². The number of rotatable bonds is 3. The maximum Gasteiger partial charge on any atom is 0.303 e. The lowest BCUT2D eigenvalue weighted by molar-refractivity contribution is -0.138. The summed E-state index contributed by atoms with van der Waals surface area (Å²) in [5, 5.41) is 8.73. The van der Waals surface area contributed by atoms with Crippen LogP contribution in [-0.4, -0.2) is 11.1 Å². The minimum Gasteiger partial charge on any atom is -0.481 e. The average molecular weight is 246 g/mol. The summed E-state index contributed by atoms with van der Waals surface area (Å²) in [5.41, 5.74) is 2.92. The summed E-state index contributed by atoms with van der Waals surface area (Å²) >= 11 is 0. The minimum atomic E-state index is -0.665. The molecule has 2 nitrogen and oxygen atoms in total. The van der Waals surface area contributed by atoms with Gasteiger partial charge in [0.15, 0.2) is 0 Å². The maximum atomic E-state index is 10.6. The third kappa shape index (κ3) is 2.92. The highest BCUT2D eigenvalue weighted by Gasteiger charge is 2.31. The molecule has 1 aliphatic carbocycles. The van der Waals surface area contributed by atoms with Crippen molar-refractivity contribution in [2.75, 3.05) is 0 Å². The Morgan fingerprint density at radius 2 is 1.78 bits per heavy atom. The van der Waals surface area contributed by atoms with E-state index in [4.69, 9.17) is 5.11 Å². The fourth-order valence-electron chi connectivity index (χ4n) is 2.68. The first-order valence-corrected chi connectivity index (χ1v) is 6.68. The van der Waals surface area contributed by atoms with Gasteiger partial charge in [0.1, 0.15) is 0 Å². The molecule has 0 bridgehead atoms. The van der Waals surface area contributed by atoms with Crippen molar-refractivity contribution >= 4 is 5.97 Å². The topological polar surface area (TPSA) is 37.3 Å². The van der Waals surface area contributed by atoms with Crippen LogP contribution in [0.15, 0.2) is 24.3 Å². The molecule has 0 radical (unpaired) electrons. The number of carbonyl (C=O) groups is 1. The molecule has 1 N–H and O–H groups in total. The first-order chi connectivity index (χ1) is 8.36. The van der Waals surface area contributed by atoms with Gasteiger partial charge in [-0.15, -0.1) is 0 Å². The van der Waals surface area contributed by atoms with Crippen LogP contribution >= 0.6 is 0 Å². The highest BCUT2D eigenvalue weighted by Crippen LogP contribution is 2.43. The van der Waals surface area contributed by atoms with Crippen LogP contribution in [0.3, 0.4) is 0 Å². The van der Waals surface area contributed by atoms with Crippen molar-refractivity contribution in [1.29, 1.82) is 0 Å². The summed E-state index contributed by atoms with van der Waals surface area (Å²) in [7, 11) is 0. The molecule has 1 aromatic rings. The van der Waals surface area contributed by atoms with E-state index in [0.717, 1.165) is 12.8 Å². The molecule has 0 unspecified atom stereocenters. The molecule has 0 atom stereocenters. The number of carboxylic acid groups (broad SMARTS) is 1. The van der Waals surface area contributed by atoms with Crippen LogP contribution in [0.2, 0.25) is 0 Å². The molecule has 2 rings (SSSR count). The van der Waals surface area contributed by atoms with E-state index in [1.54, 1.807) is 0 Å². The number of hydrogen-bond donors (Lipinski definition) is 1. The molecule has 0 amide bonds. The zero-order valence-electron chi connectivity index (χ0n) is 11.4. The van der Waals surface area contributed by atoms with Gasteiger partial charge in [-0.05, 0) is 41.2 Å². The Hall–Kier alpha value is -1.31. The van der Waals surface area contributed by atoms with E-state index in [0.29, 0.717) is 18.3 Å². The fourth-order valence-corrected chi connectivity index (χ4v) is 2.68. The van der Waals surface area contributed by atoms with Gasteiger partial charge in [0, 0.05) is 6.42 Å². The van der Waals surface area contributed by atoms with Gasteiger partial charge in [-0.25, -0.2) is 0 Å². The normalized spacial score (nSPS) is 23.5. The molecule has 0 saturated heterocycles. The van der Waals surface area contributed by atoms with E-state index in [-0.39, 0.29) is 5.41 Å². The molecule has 0 spiro atoms. The zero-order valence-corrected chi connectivity index (χ0v) is 11.4. The van der Waals surface area contributed by atoms with Gasteiger partial charge in [0.2, 0.25) is 0 Å². The van der Waals surface area contributed by atoms with Gasteiger partial charge in [-0.2, -0.15) is 0 Å². The summed E-state index contributed by atoms with van der Waals surface area (Å²) in [6, 6.07) is 8.84. The first-order valence-electron chi connectivity index (χ1n) is 6.68. The summed E-state index contributed by atoms with van der Waals surface area (Å²) in [6.07, 6.45) is 2.39. The molecular formula is C16H22O2. The average Bonchev–Trinajstić information content (AvgIpc) is 2.21. The highest BCUT2D eigenvalue weighted by atomic mass is 16.4. The molecule has 1 aliphatic rings. The molecule has 1 fully saturated rings. The van der Waals surface area contributed by atoms with Crippen molar-refractivity contribution in [3.63, 3.8) is 0 Å². The van der Waals surface area contributed by atoms with E-state index >= 15 is 0 Å². The smallest absolute Gasteiger partial charge is 0.303 e. The Bertz CT molecular complexity index is 419. The van der Waals surface area contributed by atoms with Crippen molar-refractivity contribution < 1.29 is 9.90 Å². The molecule has 0 aliphatic heterocycles. The predicted molar refractivity (Wildman–Crippen MR) is 72.9 cm³/mol. The van der Waals surface area contributed by atoms with Gasteiger partial charge in [0.05, 0.1) is 0 Å². The number of aliphatic carboxylic acids is 1. The second-order valence-electron chi connectivity index (χ2n) is 6.50. The van der Waals surface area contributed by atoms with Crippen LogP contribution < -0.4 is 0 Å². The van der Waals surface area contributed by atoms with Crippen LogP contribution in [0.5, 0.6) is 0 Å². The van der Waals surface area contributed by atoms with Crippen LogP contribution in [0.25, 0.3) is 0 Å². The van der Waals surface area contributed by atoms with Crippen molar-refractivity contribution in [3.05, 3.63) is 35.4 Å². The SMILES string of the molecule is CC(C)(C)c1ccc(C2CC(CC(=O)O)C2)cc1. The van der Waals surface area contributed by atoms with E-state index in [1.165, 1.54) is 11.1 Å². The Morgan fingerprint density at radius 1 is 1.22 bits per heavy atom. The lowest BCUT2D eigenvalue weighted by Crippen LogP contribution is -2.24. The molecule has 1 saturated carbocycles. The largest absolute Gasteiger partial charge is 0.481 e. The lowest BCUT2D eigenvalue weighted by Gasteiger charge is -2.35. The highest BCUT2D eigenvalue weighted by molar-refractivity contribution is 5.67. The zero-order chi connectivity index (χ0) is 13.3. The van der Waals surface area contributed by atoms with Crippen LogP contribution in [0.1, 0.15) is 57.1 Å². The number of benzene rings is 1. The van der Waals surface area contributed by atoms with Gasteiger partial charge in [-0.1, -0.05) is 45.0 Å². The second kappa shape index (κ2) is 4.75. The maximum absolute atomic E-state index is 10.6. The molecule has 0 heterocycles. The Balaban J connectivity index is 1.95. The quantitative estimate of drug-likeness (QED) is 0.876. The molecule has 18 heavy (non-hydrogen) atoms. The van der Waals surface area contributed by atoms with E-state index in [9.17, 15) is 4.79 Å². The molecular weight excluding hydrogens is 224 g/mol. The molecule has 2 heteroatoms. The number of carboxylic acids is 1. The van der Waals surface area contributed by atoms with E-state index < -0.39 is 5.97 Å². The van der Waals surface area contributed by atoms with Crippen molar-refractivity contribution in [2.45, 2.75) is 51.4 Å². The van der Waals surface area contributed by atoms with Gasteiger partial charge < -0.3 is 5.11 Å². The standard InChI is InChI=1S/C16H22O2/c1-16(2,3)14-6-4-12(5-7-14)13-8-11(9-13)10-15(17)18/h4-7,11,13H,8-10H2,1-3H3,(H,17,18). The minimum absolute atomic E-state index is 0.198. The first kappa shape index (κ1) is 13.1. The van der Waals surface area contributed by atoms with E-state index in [2.05, 4.69) is 45.0 Å². The monoisotopic (exact) mass is 246 g/mol. The van der Waals surface area contributed by atoms with Gasteiger partial charge in [-0.3, -0.25) is 4.79 Å². The third-order valence-electron chi connectivity index (χ3n) is 3.95. The summed E-state index contributed by atoms with van der Waals surface area (Å²) < 4.78 is 0. The van der Waals surface area contributed by atoms with Crippen LogP contribution in [0, 0.1) is 5.92 Å². The Kier molecular flexibility index (Phi) is 3.47. The van der Waals surface area contributed by atoms with Crippen molar-refractivity contribution in [2.24, 2.45) is 5.92 Å². The van der Waals surface area contributed by atoms with Crippen LogP contribution in [-0.2, 0) is 10.2 Å². The fraction of sp³-hybridized carbons (Fsp3) is 0.562. The van der Waals surface area contributed by atoms with Crippen LogP contribution in [0.4, 0.5) is 0 Å². The molecule has 98 valence electrons. The lowest BCUT2D eigenvalue weighted by atomic mass is 9.70. The predicted octanol–water partition coefficient (Wildman–Crippen LogP) is 3.95. The molecule has 0 aromatic heterocycles. The van der Waals surface area contributed by atoms with Gasteiger partial charge in [0.25, 0.3) is 0 Å². The summed E-state index contributed by atoms with van der Waals surface area (Å²) in [4.78, 5) is 10.6. The molecule has 1 aromatic carbocycles. The third-order valence-corrected chi connectivity index (χ3v) is 3.95. The van der Waals surface area contributed by atoms with Crippen molar-refractivity contribution in [3.8, 4) is 0 Å². The Morgan fingerprint density at radius 3 is 2.22 bits per heavy atom. The van der Waals surface area contributed by atoms with E-state index in [1.807, 2.05) is 0 Å². The van der Waals surface area contributed by atoms with Crippen molar-refractivity contribution in [1.82, 2.24) is 0 Å².